The molecule has 30 heavy (non-hydrogen) atoms. The summed E-state index contributed by atoms with van der Waals surface area (Å²) in [5.41, 5.74) is 0.630. The summed E-state index contributed by atoms with van der Waals surface area (Å²) >= 11 is 5.78. The fraction of sp³-hybridized carbons (Fsp3) is 0.190. The number of hydrogen-bond donors (Lipinski definition) is 1. The molecule has 0 radical (unpaired) electrons. The topological polar surface area (TPSA) is 115 Å². The van der Waals surface area contributed by atoms with Gasteiger partial charge in [-0.15, -0.1) is 0 Å². The molecule has 1 N–H and O–H groups in total. The van der Waals surface area contributed by atoms with Crippen LogP contribution >= 0.6 is 11.6 Å². The van der Waals surface area contributed by atoms with Crippen molar-refractivity contribution in [3.63, 3.8) is 0 Å². The third-order valence-electron chi connectivity index (χ3n) is 5.34. The average molecular weight is 426 g/mol. The molecule has 1 aliphatic rings. The van der Waals surface area contributed by atoms with Crippen molar-refractivity contribution in [2.24, 2.45) is 0 Å². The number of carbonyl (C=O) groups excluding carboxylic acids is 1. The highest BCUT2D eigenvalue weighted by Gasteiger charge is 2.29. The minimum Gasteiger partial charge on any atom is -0.345 e. The summed E-state index contributed by atoms with van der Waals surface area (Å²) in [5, 5.41) is 26.9. The predicted octanol–water partition coefficient (Wildman–Crippen LogP) is 5.12. The first-order valence-corrected chi connectivity index (χ1v) is 9.68. The van der Waals surface area contributed by atoms with Gasteiger partial charge in [-0.3, -0.25) is 25.0 Å². The van der Waals surface area contributed by atoms with Crippen LogP contribution in [0.3, 0.4) is 0 Å². The van der Waals surface area contributed by atoms with E-state index < -0.39 is 32.2 Å². The predicted molar refractivity (Wildman–Crippen MR) is 112 cm³/mol. The molecular formula is C21H16ClN3O5. The van der Waals surface area contributed by atoms with Crippen molar-refractivity contribution in [1.82, 2.24) is 5.32 Å². The van der Waals surface area contributed by atoms with Crippen molar-refractivity contribution in [2.45, 2.75) is 25.3 Å². The first-order valence-electron chi connectivity index (χ1n) is 9.30. The Morgan fingerprint density at radius 1 is 1.03 bits per heavy atom. The molecule has 1 atom stereocenters. The Kier molecular flexibility index (Phi) is 5.09. The Hall–Kier alpha value is -3.52. The lowest BCUT2D eigenvalue weighted by Gasteiger charge is -2.28. The van der Waals surface area contributed by atoms with Gasteiger partial charge in [0.1, 0.15) is 0 Å². The van der Waals surface area contributed by atoms with E-state index in [2.05, 4.69) is 5.32 Å². The number of nitro groups is 2. The van der Waals surface area contributed by atoms with Crippen LogP contribution in [0.4, 0.5) is 11.4 Å². The molecule has 0 fully saturated rings. The molecule has 0 bridgehead atoms. The number of carbonyl (C=O) groups is 1. The molecule has 0 aromatic heterocycles. The largest absolute Gasteiger partial charge is 0.345 e. The number of benzene rings is 3. The van der Waals surface area contributed by atoms with Gasteiger partial charge >= 0.3 is 0 Å². The lowest BCUT2D eigenvalue weighted by atomic mass is 9.84. The van der Waals surface area contributed by atoms with Crippen molar-refractivity contribution >= 4 is 39.7 Å². The van der Waals surface area contributed by atoms with Crippen LogP contribution in [-0.4, -0.2) is 15.8 Å². The van der Waals surface area contributed by atoms with Gasteiger partial charge in [-0.05, 0) is 41.2 Å². The van der Waals surface area contributed by atoms with E-state index >= 15 is 0 Å². The summed E-state index contributed by atoms with van der Waals surface area (Å²) in [5.74, 6) is -0.622. The Bertz CT molecular complexity index is 1180. The van der Waals surface area contributed by atoms with Gasteiger partial charge in [0.25, 0.3) is 17.3 Å². The molecule has 152 valence electrons. The van der Waals surface area contributed by atoms with E-state index in [0.717, 1.165) is 46.9 Å². The van der Waals surface area contributed by atoms with Crippen LogP contribution in [0.1, 0.15) is 40.4 Å². The number of amides is 1. The SMILES string of the molecule is O=C(NC1CCCc2ccc3ccccc3c21)c1cc([N+](=O)[O-])c(Cl)c([N+](=O)[O-])c1. The molecule has 4 rings (SSSR count). The molecule has 1 aliphatic carbocycles. The highest BCUT2D eigenvalue weighted by Crippen LogP contribution is 2.37. The van der Waals surface area contributed by atoms with E-state index in [9.17, 15) is 25.0 Å². The highest BCUT2D eigenvalue weighted by atomic mass is 35.5. The van der Waals surface area contributed by atoms with Crippen molar-refractivity contribution in [3.8, 4) is 0 Å². The maximum absolute atomic E-state index is 12.9. The van der Waals surface area contributed by atoms with E-state index in [1.54, 1.807) is 0 Å². The van der Waals surface area contributed by atoms with Gasteiger partial charge in [0.2, 0.25) is 0 Å². The van der Waals surface area contributed by atoms with E-state index in [1.807, 2.05) is 36.4 Å². The zero-order chi connectivity index (χ0) is 21.4. The molecule has 9 heteroatoms. The van der Waals surface area contributed by atoms with Crippen LogP contribution in [0.15, 0.2) is 48.5 Å². The fourth-order valence-electron chi connectivity index (χ4n) is 3.99. The van der Waals surface area contributed by atoms with E-state index in [1.165, 1.54) is 0 Å². The maximum atomic E-state index is 12.9. The zero-order valence-electron chi connectivity index (χ0n) is 15.6. The highest BCUT2D eigenvalue weighted by molar-refractivity contribution is 6.35. The first-order chi connectivity index (χ1) is 14.4. The number of aryl methyl sites for hydroxylation is 1. The number of nitro benzene ring substituents is 2. The number of rotatable bonds is 4. The van der Waals surface area contributed by atoms with Gasteiger partial charge in [0.05, 0.1) is 21.5 Å². The molecule has 0 spiro atoms. The molecule has 3 aromatic carbocycles. The fourth-order valence-corrected chi connectivity index (χ4v) is 4.24. The van der Waals surface area contributed by atoms with Crippen molar-refractivity contribution in [1.29, 1.82) is 0 Å². The summed E-state index contributed by atoms with van der Waals surface area (Å²) in [6.45, 7) is 0. The van der Waals surface area contributed by atoms with Gasteiger partial charge in [0, 0.05) is 12.1 Å². The number of fused-ring (bicyclic) bond motifs is 3. The molecule has 1 unspecified atom stereocenters. The third-order valence-corrected chi connectivity index (χ3v) is 5.73. The Morgan fingerprint density at radius 2 is 1.70 bits per heavy atom. The second kappa shape index (κ2) is 7.72. The minimum atomic E-state index is -0.838. The van der Waals surface area contributed by atoms with E-state index in [-0.39, 0.29) is 11.6 Å². The number of hydrogen-bond acceptors (Lipinski definition) is 5. The van der Waals surface area contributed by atoms with Crippen molar-refractivity contribution < 1.29 is 14.6 Å². The molecule has 0 heterocycles. The molecular weight excluding hydrogens is 410 g/mol. The van der Waals surface area contributed by atoms with Gasteiger partial charge < -0.3 is 5.32 Å². The summed E-state index contributed by atoms with van der Waals surface area (Å²) in [6, 6.07) is 13.6. The minimum absolute atomic E-state index is 0.176. The number of nitrogens with zero attached hydrogens (tertiary/aromatic N) is 2. The van der Waals surface area contributed by atoms with E-state index in [4.69, 9.17) is 11.6 Å². The van der Waals surface area contributed by atoms with Gasteiger partial charge in [-0.25, -0.2) is 0 Å². The van der Waals surface area contributed by atoms with Crippen LogP contribution in [0.25, 0.3) is 10.8 Å². The molecule has 1 amide bonds. The second-order valence-corrected chi connectivity index (χ2v) is 7.50. The second-order valence-electron chi connectivity index (χ2n) is 7.12. The molecule has 0 saturated carbocycles. The zero-order valence-corrected chi connectivity index (χ0v) is 16.4. The van der Waals surface area contributed by atoms with Gasteiger partial charge in [-0.1, -0.05) is 48.0 Å². The summed E-state index contributed by atoms with van der Waals surface area (Å²) in [7, 11) is 0. The lowest BCUT2D eigenvalue weighted by Crippen LogP contribution is -2.31. The third kappa shape index (κ3) is 3.46. The summed E-state index contributed by atoms with van der Waals surface area (Å²) < 4.78 is 0. The smallest absolute Gasteiger partial charge is 0.295 e. The molecule has 8 nitrogen and oxygen atoms in total. The van der Waals surface area contributed by atoms with Crippen molar-refractivity contribution in [3.05, 3.63) is 90.5 Å². The van der Waals surface area contributed by atoms with Crippen molar-refractivity contribution in [2.75, 3.05) is 0 Å². The summed E-state index contributed by atoms with van der Waals surface area (Å²) in [6.07, 6.45) is 2.46. The molecule has 3 aromatic rings. The maximum Gasteiger partial charge on any atom is 0.295 e. The average Bonchev–Trinajstić information content (AvgIpc) is 2.73. The van der Waals surface area contributed by atoms with E-state index in [0.29, 0.717) is 6.42 Å². The van der Waals surface area contributed by atoms with Crippen LogP contribution in [-0.2, 0) is 6.42 Å². The molecule has 0 aliphatic heterocycles. The number of nitrogens with one attached hydrogen (secondary N) is 1. The van der Waals surface area contributed by atoms with Gasteiger partial charge in [-0.2, -0.15) is 0 Å². The lowest BCUT2D eigenvalue weighted by molar-refractivity contribution is -0.393. The number of halogens is 1. The van der Waals surface area contributed by atoms with Gasteiger partial charge in [0.15, 0.2) is 5.02 Å². The van der Waals surface area contributed by atoms with Crippen LogP contribution in [0.5, 0.6) is 0 Å². The normalized spacial score (nSPS) is 15.4. The van der Waals surface area contributed by atoms with Crippen LogP contribution in [0.2, 0.25) is 5.02 Å². The Balaban J connectivity index is 1.74. The van der Waals surface area contributed by atoms with Crippen LogP contribution < -0.4 is 5.32 Å². The van der Waals surface area contributed by atoms with Crippen LogP contribution in [0, 0.1) is 20.2 Å². The first kappa shape index (κ1) is 19.8. The molecule has 0 saturated heterocycles. The summed E-state index contributed by atoms with van der Waals surface area (Å²) in [4.78, 5) is 33.7. The quantitative estimate of drug-likeness (QED) is 0.460. The Labute approximate surface area is 175 Å². The Morgan fingerprint density at radius 3 is 2.37 bits per heavy atom. The standard InChI is InChI=1S/C21H16ClN3O5/c22-20-17(24(27)28)10-14(11-18(20)25(29)30)21(26)23-16-7-3-5-13-9-8-12-4-1-2-6-15(12)19(13)16/h1-2,4,6,8-11,16H,3,5,7H2,(H,23,26). The monoisotopic (exact) mass is 425 g/mol.